The van der Waals surface area contributed by atoms with E-state index in [1.54, 1.807) is 0 Å². The molecular formula is C26H62N3Si6Sm2-3. The van der Waals surface area contributed by atoms with Crippen LogP contribution in [0.1, 0.15) is 0 Å². The maximum Gasteiger partial charge on any atom is 0 e. The number of nitrogens with zero attached hydrogens (tertiary/aromatic N) is 3. The maximum atomic E-state index is 4.82. The molecule has 220 valence electrons. The van der Waals surface area contributed by atoms with E-state index < -0.39 is 49.4 Å². The molecule has 3 nitrogen and oxygen atoms in total. The molecule has 0 aromatic rings. The zero-order valence-electron chi connectivity index (χ0n) is 27.8. The van der Waals surface area contributed by atoms with Gasteiger partial charge in [0.25, 0.3) is 0 Å². The molecule has 11 heteroatoms. The Labute approximate surface area is 309 Å². The van der Waals surface area contributed by atoms with Crippen molar-refractivity contribution in [2.24, 2.45) is 0 Å². The molecule has 1 rings (SSSR count). The first-order valence-electron chi connectivity index (χ1n) is 13.0. The Hall–Kier alpha value is 3.86. The van der Waals surface area contributed by atoms with Crippen molar-refractivity contribution in [1.29, 1.82) is 0 Å². The molecule has 0 heterocycles. The first-order chi connectivity index (χ1) is 15.1. The summed E-state index contributed by atoms with van der Waals surface area (Å²) in [6, 6.07) is 0. The Balaban J connectivity index is -0.000000121. The quantitative estimate of drug-likeness (QED) is 0.239. The first kappa shape index (κ1) is 50.5. The number of rotatable bonds is 6. The van der Waals surface area contributed by atoms with Crippen molar-refractivity contribution in [1.82, 2.24) is 0 Å². The molecule has 0 amide bonds. The summed E-state index contributed by atoms with van der Waals surface area (Å²) in [6.07, 6.45) is 16.0. The zero-order chi connectivity index (χ0) is 28.8. The molecule has 0 N–H and O–H groups in total. The average molecular weight is 886 g/mol. The maximum absolute atomic E-state index is 4.82. The molecule has 0 aromatic carbocycles. The molecule has 37 heavy (non-hydrogen) atoms. The van der Waals surface area contributed by atoms with Crippen LogP contribution >= 0.6 is 0 Å². The van der Waals surface area contributed by atoms with E-state index in [0.717, 1.165) is 0 Å². The molecule has 0 aromatic heterocycles. The van der Waals surface area contributed by atoms with Crippen molar-refractivity contribution in [3.05, 3.63) is 65.3 Å². The molecule has 0 aliphatic heterocycles. The second kappa shape index (κ2) is 23.3. The smallest absolute Gasteiger partial charge is 0 e. The Morgan fingerprint density at radius 2 is 0.324 bits per heavy atom. The third-order valence-corrected chi connectivity index (χ3v) is 19.0. The fourth-order valence-electron chi connectivity index (χ4n) is 3.53. The minimum Gasteiger partial charge on any atom is -0.668 e. The van der Waals surface area contributed by atoms with Crippen molar-refractivity contribution in [3.8, 4) is 0 Å². The van der Waals surface area contributed by atoms with Crippen LogP contribution in [0.15, 0.2) is 0 Å². The molecule has 1 saturated carbocycles. The van der Waals surface area contributed by atoms with E-state index in [9.17, 15) is 0 Å². The van der Waals surface area contributed by atoms with Gasteiger partial charge in [0.05, 0.1) is 0 Å². The molecule has 8 radical (unpaired) electrons. The largest absolute Gasteiger partial charge is 0.668 e. The van der Waals surface area contributed by atoms with Crippen molar-refractivity contribution < 1.29 is 80.8 Å². The van der Waals surface area contributed by atoms with Crippen LogP contribution in [0.25, 0.3) is 13.9 Å². The Kier molecular flexibility index (Phi) is 31.7. The monoisotopic (exact) mass is 888 g/mol. The second-order valence-electron chi connectivity index (χ2n) is 14.9. The van der Waals surface area contributed by atoms with Crippen molar-refractivity contribution in [2.75, 3.05) is 0 Å². The summed E-state index contributed by atoms with van der Waals surface area (Å²) in [4.78, 5) is 0. The molecule has 1 aliphatic carbocycles. The Morgan fingerprint density at radius 3 is 0.351 bits per heavy atom. The van der Waals surface area contributed by atoms with Gasteiger partial charge in [-0.3, -0.25) is 0 Å². The predicted octanol–water partition coefficient (Wildman–Crippen LogP) is 10.7. The van der Waals surface area contributed by atoms with E-state index in [0.29, 0.717) is 0 Å². The molecule has 0 atom stereocenters. The normalized spacial score (nSPS) is 15.4. The van der Waals surface area contributed by atoms with Crippen LogP contribution < -0.4 is 0 Å². The molecule has 1 fully saturated rings. The molecular weight excluding hydrogens is 824 g/mol. The van der Waals surface area contributed by atoms with Crippen LogP contribution in [-0.4, -0.2) is 49.4 Å². The summed E-state index contributed by atoms with van der Waals surface area (Å²) in [5, 5.41) is 0. The van der Waals surface area contributed by atoms with Gasteiger partial charge in [0.15, 0.2) is 0 Å². The summed E-state index contributed by atoms with van der Waals surface area (Å²) < 4.78 is 14.5. The van der Waals surface area contributed by atoms with E-state index in [-0.39, 0.29) is 80.8 Å². The third-order valence-electron chi connectivity index (χ3n) is 2.90. The van der Waals surface area contributed by atoms with Crippen LogP contribution in [0, 0.1) is 132 Å². The molecule has 0 saturated heterocycles. The standard InChI is InChI=1S/C8H8.3C6H18NSi2.2Sm/c1-2-4-6-8-7-5-3-1;3*1-8(2,3)7-9(4,5)6;;/h1-8H;3*1-6H3;;/q;3*-1;;. The van der Waals surface area contributed by atoms with Gasteiger partial charge in [0.2, 0.25) is 0 Å². The van der Waals surface area contributed by atoms with Crippen molar-refractivity contribution >= 4 is 49.4 Å². The zero-order valence-corrected chi connectivity index (χ0v) is 39.0. The fourth-order valence-corrected chi connectivity index (χ4v) is 27.7. The van der Waals surface area contributed by atoms with E-state index in [1.165, 1.54) is 0 Å². The summed E-state index contributed by atoms with van der Waals surface area (Å²) in [5.41, 5.74) is 0. The molecule has 0 unspecified atom stereocenters. The van der Waals surface area contributed by atoms with Gasteiger partial charge in [0.1, 0.15) is 0 Å². The third kappa shape index (κ3) is 64.1. The minimum absolute atomic E-state index is 0. The average Bonchev–Trinajstić information content (AvgIpc) is 2.34. The van der Waals surface area contributed by atoms with E-state index in [2.05, 4.69) is 118 Å². The second-order valence-corrected chi connectivity index (χ2v) is 43.6. The Morgan fingerprint density at radius 1 is 0.243 bits per heavy atom. The van der Waals surface area contributed by atoms with Crippen molar-refractivity contribution in [2.45, 2.75) is 118 Å². The van der Waals surface area contributed by atoms with Gasteiger partial charge in [-0.15, -0.1) is 0 Å². The number of hydrogen-bond acceptors (Lipinski definition) is 0. The van der Waals surface area contributed by atoms with Gasteiger partial charge in [-0.05, 0) is 51.4 Å². The van der Waals surface area contributed by atoms with E-state index in [4.69, 9.17) is 13.9 Å². The van der Waals surface area contributed by atoms with Gasteiger partial charge < -0.3 is 13.9 Å². The Bertz CT molecular complexity index is 392. The van der Waals surface area contributed by atoms with Crippen molar-refractivity contribution in [3.63, 3.8) is 0 Å². The van der Waals surface area contributed by atoms with Crippen LogP contribution in [0.3, 0.4) is 0 Å². The fraction of sp³-hybridized carbons (Fsp3) is 0.692. The van der Waals surface area contributed by atoms with E-state index >= 15 is 0 Å². The SMILES string of the molecule is C[Si](C)(C)[N-][Si](C)(C)C.C[Si](C)(C)[N-][Si](C)(C)C.C[Si](C)(C)[N-][Si](C)(C)C.[CH]1[CH][CH][CH][CH][CH][CH][CH]1.[Sm].[Sm]. The van der Waals surface area contributed by atoms with Gasteiger partial charge in [-0.25, -0.2) is 0 Å². The predicted molar refractivity (Wildman–Crippen MR) is 185 cm³/mol. The number of hydrogen-bond donors (Lipinski definition) is 0. The van der Waals surface area contributed by atoms with E-state index in [1.807, 2.05) is 51.4 Å². The van der Waals surface area contributed by atoms with Crippen LogP contribution in [0.2, 0.25) is 118 Å². The van der Waals surface area contributed by atoms with Crippen LogP contribution in [0.5, 0.6) is 0 Å². The summed E-state index contributed by atoms with van der Waals surface area (Å²) in [6.45, 7) is 41.3. The summed E-state index contributed by atoms with van der Waals surface area (Å²) >= 11 is 0. The molecule has 0 spiro atoms. The van der Waals surface area contributed by atoms with Gasteiger partial charge in [-0.2, -0.15) is 0 Å². The van der Waals surface area contributed by atoms with Gasteiger partial charge in [0, 0.05) is 80.8 Å². The topological polar surface area (TPSA) is 42.3 Å². The van der Waals surface area contributed by atoms with Gasteiger partial charge >= 0.3 is 0 Å². The molecule has 0 bridgehead atoms. The van der Waals surface area contributed by atoms with Crippen LogP contribution in [-0.2, 0) is 0 Å². The van der Waals surface area contributed by atoms with Gasteiger partial charge in [-0.1, -0.05) is 167 Å². The summed E-state index contributed by atoms with van der Waals surface area (Å²) in [7, 11) is -6.64. The minimum atomic E-state index is -1.11. The summed E-state index contributed by atoms with van der Waals surface area (Å²) in [5.74, 6) is 0. The molecule has 1 aliphatic rings. The first-order valence-corrected chi connectivity index (χ1v) is 33.7. The van der Waals surface area contributed by atoms with Crippen LogP contribution in [0.4, 0.5) is 0 Å².